The van der Waals surface area contributed by atoms with Crippen molar-refractivity contribution in [2.75, 3.05) is 25.0 Å². The number of anilines is 1. The smallest absolute Gasteiger partial charge is 0.277 e. The summed E-state index contributed by atoms with van der Waals surface area (Å²) in [7, 11) is 0. The number of hydrogen-bond donors (Lipinski definition) is 1. The molecule has 2 aliphatic rings. The van der Waals surface area contributed by atoms with Crippen LogP contribution in [0.5, 0.6) is 0 Å². The Morgan fingerprint density at radius 1 is 0.939 bits per heavy atom. The van der Waals surface area contributed by atoms with Crippen LogP contribution in [0.15, 0.2) is 60.3 Å². The van der Waals surface area contributed by atoms with Crippen molar-refractivity contribution in [3.63, 3.8) is 0 Å². The van der Waals surface area contributed by atoms with Crippen molar-refractivity contribution in [2.45, 2.75) is 33.6 Å². The summed E-state index contributed by atoms with van der Waals surface area (Å²) in [6.45, 7) is 7.71. The highest BCUT2D eigenvalue weighted by Gasteiger charge is 2.42. The Balaban J connectivity index is 1.67. The maximum absolute atomic E-state index is 13.6. The standard InChI is InChI=1S/C27H31N3O3/c1-18-15-19(2)17-29(16-18)25-24(22-9-11-23(12-10-22)28-20(3)31)26(32)30(27(25)33)14-13-21-7-5-4-6-8-21/h4-12,18-19H,13-17H2,1-3H3,(H,28,31). The summed E-state index contributed by atoms with van der Waals surface area (Å²) in [6, 6.07) is 17.1. The van der Waals surface area contributed by atoms with Gasteiger partial charge >= 0.3 is 0 Å². The molecule has 2 heterocycles. The number of carbonyl (C=O) groups is 3. The molecule has 0 saturated carbocycles. The predicted octanol–water partition coefficient (Wildman–Crippen LogP) is 3.95. The molecule has 1 N–H and O–H groups in total. The number of carbonyl (C=O) groups excluding carboxylic acids is 3. The van der Waals surface area contributed by atoms with Gasteiger partial charge in [-0.05, 0) is 47.9 Å². The molecule has 0 aliphatic carbocycles. The first-order valence-electron chi connectivity index (χ1n) is 11.6. The van der Waals surface area contributed by atoms with E-state index < -0.39 is 0 Å². The molecule has 0 spiro atoms. The number of rotatable bonds is 6. The molecule has 1 fully saturated rings. The van der Waals surface area contributed by atoms with Crippen LogP contribution in [-0.4, -0.2) is 47.2 Å². The highest BCUT2D eigenvalue weighted by molar-refractivity contribution is 6.35. The maximum Gasteiger partial charge on any atom is 0.277 e. The Hall–Kier alpha value is -3.41. The number of piperidine rings is 1. The second-order valence-corrected chi connectivity index (χ2v) is 9.33. The van der Waals surface area contributed by atoms with Crippen LogP contribution in [-0.2, 0) is 20.8 Å². The summed E-state index contributed by atoms with van der Waals surface area (Å²) < 4.78 is 0. The molecule has 2 aliphatic heterocycles. The van der Waals surface area contributed by atoms with Crippen molar-refractivity contribution in [2.24, 2.45) is 11.8 Å². The average molecular weight is 446 g/mol. The van der Waals surface area contributed by atoms with Crippen LogP contribution >= 0.6 is 0 Å². The summed E-state index contributed by atoms with van der Waals surface area (Å²) >= 11 is 0. The first-order valence-corrected chi connectivity index (χ1v) is 11.6. The third kappa shape index (κ3) is 5.00. The predicted molar refractivity (Wildman–Crippen MR) is 129 cm³/mol. The van der Waals surface area contributed by atoms with Crippen LogP contribution in [0.4, 0.5) is 5.69 Å². The Morgan fingerprint density at radius 3 is 2.18 bits per heavy atom. The van der Waals surface area contributed by atoms with Crippen molar-refractivity contribution in [1.29, 1.82) is 0 Å². The van der Waals surface area contributed by atoms with Gasteiger partial charge in [0.25, 0.3) is 11.8 Å². The Morgan fingerprint density at radius 2 is 1.58 bits per heavy atom. The van der Waals surface area contributed by atoms with E-state index in [1.807, 2.05) is 42.5 Å². The summed E-state index contributed by atoms with van der Waals surface area (Å²) in [5.41, 5.74) is 3.42. The van der Waals surface area contributed by atoms with Crippen LogP contribution in [0.2, 0.25) is 0 Å². The van der Waals surface area contributed by atoms with Gasteiger partial charge in [-0.1, -0.05) is 56.3 Å². The number of likely N-dealkylation sites (tertiary alicyclic amines) is 1. The molecule has 1 saturated heterocycles. The van der Waals surface area contributed by atoms with Crippen LogP contribution < -0.4 is 5.32 Å². The highest BCUT2D eigenvalue weighted by Crippen LogP contribution is 2.35. The highest BCUT2D eigenvalue weighted by atomic mass is 16.2. The van der Waals surface area contributed by atoms with Crippen molar-refractivity contribution in [3.05, 3.63) is 71.4 Å². The van der Waals surface area contributed by atoms with E-state index in [0.717, 1.165) is 25.1 Å². The molecule has 6 nitrogen and oxygen atoms in total. The zero-order valence-electron chi connectivity index (χ0n) is 19.5. The number of nitrogens with one attached hydrogen (secondary N) is 1. The normalized spacial score (nSPS) is 21.1. The average Bonchev–Trinajstić information content (AvgIpc) is 3.02. The number of amides is 3. The van der Waals surface area contributed by atoms with E-state index in [1.165, 1.54) is 11.8 Å². The van der Waals surface area contributed by atoms with Gasteiger partial charge in [0.1, 0.15) is 5.70 Å². The minimum Gasteiger partial charge on any atom is -0.366 e. The lowest BCUT2D eigenvalue weighted by atomic mass is 9.91. The monoisotopic (exact) mass is 445 g/mol. The zero-order chi connectivity index (χ0) is 23.5. The minimum atomic E-state index is -0.246. The van der Waals surface area contributed by atoms with Gasteiger partial charge in [0.2, 0.25) is 5.91 Å². The zero-order valence-corrected chi connectivity index (χ0v) is 19.5. The van der Waals surface area contributed by atoms with Gasteiger partial charge in [-0.2, -0.15) is 0 Å². The molecule has 3 amide bonds. The number of hydrogen-bond acceptors (Lipinski definition) is 4. The van der Waals surface area contributed by atoms with E-state index >= 15 is 0 Å². The summed E-state index contributed by atoms with van der Waals surface area (Å²) in [5.74, 6) is 0.289. The Labute approximate surface area is 195 Å². The molecule has 2 atom stereocenters. The fourth-order valence-corrected chi connectivity index (χ4v) is 4.97. The van der Waals surface area contributed by atoms with Crippen LogP contribution in [0.1, 0.15) is 38.3 Å². The van der Waals surface area contributed by atoms with Crippen molar-refractivity contribution in [3.8, 4) is 0 Å². The van der Waals surface area contributed by atoms with Crippen molar-refractivity contribution in [1.82, 2.24) is 9.80 Å². The lowest BCUT2D eigenvalue weighted by Gasteiger charge is -2.37. The third-order valence-corrected chi connectivity index (χ3v) is 6.29. The molecule has 33 heavy (non-hydrogen) atoms. The lowest BCUT2D eigenvalue weighted by Crippen LogP contribution is -2.42. The second-order valence-electron chi connectivity index (χ2n) is 9.33. The SMILES string of the molecule is CC(=O)Nc1ccc(C2=C(N3CC(C)CC(C)C3)C(=O)N(CCc3ccccc3)C2=O)cc1. The van der Waals surface area contributed by atoms with Gasteiger partial charge in [0.05, 0.1) is 5.57 Å². The first kappa shape index (κ1) is 22.8. The Kier molecular flexibility index (Phi) is 6.63. The largest absolute Gasteiger partial charge is 0.366 e. The molecule has 6 heteroatoms. The summed E-state index contributed by atoms with van der Waals surface area (Å²) in [6.07, 6.45) is 1.73. The van der Waals surface area contributed by atoms with Gasteiger partial charge in [0, 0.05) is 32.2 Å². The molecule has 0 radical (unpaired) electrons. The van der Waals surface area contributed by atoms with Gasteiger partial charge in [0.15, 0.2) is 0 Å². The molecule has 4 rings (SSSR count). The van der Waals surface area contributed by atoms with E-state index in [0.29, 0.717) is 47.3 Å². The number of nitrogens with zero attached hydrogens (tertiary/aromatic N) is 2. The molecular formula is C27H31N3O3. The molecule has 2 unspecified atom stereocenters. The maximum atomic E-state index is 13.6. The van der Waals surface area contributed by atoms with Crippen LogP contribution in [0.25, 0.3) is 5.57 Å². The van der Waals surface area contributed by atoms with E-state index in [-0.39, 0.29) is 17.7 Å². The van der Waals surface area contributed by atoms with Crippen molar-refractivity contribution < 1.29 is 14.4 Å². The quantitative estimate of drug-likeness (QED) is 0.684. The lowest BCUT2D eigenvalue weighted by molar-refractivity contribution is -0.137. The van der Waals surface area contributed by atoms with E-state index in [4.69, 9.17) is 0 Å². The minimum absolute atomic E-state index is 0.154. The van der Waals surface area contributed by atoms with Gasteiger partial charge in [-0.15, -0.1) is 0 Å². The molecule has 2 aromatic rings. The van der Waals surface area contributed by atoms with Crippen molar-refractivity contribution >= 4 is 29.0 Å². The Bertz CT molecular complexity index is 1070. The second kappa shape index (κ2) is 9.61. The fraction of sp³-hybridized carbons (Fsp3) is 0.370. The first-order chi connectivity index (χ1) is 15.8. The van der Waals surface area contributed by atoms with E-state index in [1.54, 1.807) is 12.1 Å². The number of benzene rings is 2. The fourth-order valence-electron chi connectivity index (χ4n) is 4.97. The van der Waals surface area contributed by atoms with Gasteiger partial charge in [-0.25, -0.2) is 0 Å². The van der Waals surface area contributed by atoms with Crippen LogP contribution in [0, 0.1) is 11.8 Å². The molecule has 0 aromatic heterocycles. The van der Waals surface area contributed by atoms with Gasteiger partial charge < -0.3 is 10.2 Å². The summed E-state index contributed by atoms with van der Waals surface area (Å²) in [5, 5.41) is 2.75. The molecular weight excluding hydrogens is 414 g/mol. The third-order valence-electron chi connectivity index (χ3n) is 6.29. The summed E-state index contributed by atoms with van der Waals surface area (Å²) in [4.78, 5) is 42.0. The molecule has 2 aromatic carbocycles. The number of imide groups is 1. The van der Waals surface area contributed by atoms with E-state index in [2.05, 4.69) is 24.1 Å². The topological polar surface area (TPSA) is 69.7 Å². The molecule has 0 bridgehead atoms. The van der Waals surface area contributed by atoms with Gasteiger partial charge in [-0.3, -0.25) is 19.3 Å². The van der Waals surface area contributed by atoms with Crippen LogP contribution in [0.3, 0.4) is 0 Å². The molecule has 172 valence electrons. The van der Waals surface area contributed by atoms with E-state index in [9.17, 15) is 14.4 Å².